The molecule has 2 atom stereocenters. The van der Waals surface area contributed by atoms with Crippen molar-refractivity contribution >= 4 is 5.91 Å². The fraction of sp³-hybridized carbons (Fsp3) is 0.273. The molecule has 0 bridgehead atoms. The molecular weight excluding hydrogens is 338 g/mol. The number of nitrogens with one attached hydrogen (secondary N) is 1. The molecule has 1 fully saturated rings. The molecule has 5 nitrogen and oxygen atoms in total. The summed E-state index contributed by atoms with van der Waals surface area (Å²) in [6, 6.07) is 17.4. The van der Waals surface area contributed by atoms with E-state index in [0.717, 1.165) is 24.8 Å². The molecule has 4 rings (SSSR count). The van der Waals surface area contributed by atoms with E-state index < -0.39 is 0 Å². The van der Waals surface area contributed by atoms with Gasteiger partial charge in [-0.3, -0.25) is 4.79 Å². The van der Waals surface area contributed by atoms with Gasteiger partial charge < -0.3 is 15.5 Å². The molecule has 0 aliphatic heterocycles. The monoisotopic (exact) mass is 361 g/mol. The first kappa shape index (κ1) is 17.5. The number of benzene rings is 2. The first-order chi connectivity index (χ1) is 13.3. The van der Waals surface area contributed by atoms with Gasteiger partial charge in [-0.2, -0.15) is 0 Å². The van der Waals surface area contributed by atoms with Gasteiger partial charge in [-0.15, -0.1) is 0 Å². The Morgan fingerprint density at radius 1 is 1.11 bits per heavy atom. The second-order valence-corrected chi connectivity index (χ2v) is 6.95. The maximum atomic E-state index is 12.9. The third-order valence-electron chi connectivity index (χ3n) is 5.24. The largest absolute Gasteiger partial charge is 0.436 e. The van der Waals surface area contributed by atoms with Crippen molar-refractivity contribution in [2.45, 2.75) is 25.3 Å². The van der Waals surface area contributed by atoms with Crippen LogP contribution >= 0.6 is 0 Å². The Hall–Kier alpha value is -2.92. The third kappa shape index (κ3) is 3.64. The summed E-state index contributed by atoms with van der Waals surface area (Å²) < 4.78 is 5.95. The van der Waals surface area contributed by atoms with Gasteiger partial charge >= 0.3 is 0 Å². The lowest BCUT2D eigenvalue weighted by Crippen LogP contribution is -2.40. The minimum absolute atomic E-state index is 0.101. The Morgan fingerprint density at radius 3 is 2.70 bits per heavy atom. The predicted molar refractivity (Wildman–Crippen MR) is 105 cm³/mol. The van der Waals surface area contributed by atoms with Gasteiger partial charge in [0.05, 0.1) is 11.8 Å². The summed E-state index contributed by atoms with van der Waals surface area (Å²) in [4.78, 5) is 17.3. The van der Waals surface area contributed by atoms with Crippen LogP contribution in [0.1, 0.15) is 29.6 Å². The number of nitrogens with two attached hydrogens (primary N) is 1. The van der Waals surface area contributed by atoms with E-state index in [-0.39, 0.29) is 11.9 Å². The predicted octanol–water partition coefficient (Wildman–Crippen LogP) is 3.87. The molecule has 1 amide bonds. The topological polar surface area (TPSA) is 81.1 Å². The molecule has 138 valence electrons. The average molecular weight is 361 g/mol. The second kappa shape index (κ2) is 7.76. The van der Waals surface area contributed by atoms with Crippen LogP contribution < -0.4 is 11.1 Å². The molecule has 0 spiro atoms. The molecule has 1 aliphatic carbocycles. The number of hydrogen-bond acceptors (Lipinski definition) is 4. The summed E-state index contributed by atoms with van der Waals surface area (Å²) in [6.45, 7) is 0.604. The summed E-state index contributed by atoms with van der Waals surface area (Å²) >= 11 is 0. The Labute approximate surface area is 158 Å². The van der Waals surface area contributed by atoms with Crippen LogP contribution in [0.15, 0.2) is 65.2 Å². The number of carbonyl (C=O) groups excluding carboxylic acids is 1. The van der Waals surface area contributed by atoms with Crippen LogP contribution in [0.3, 0.4) is 0 Å². The van der Waals surface area contributed by atoms with Gasteiger partial charge in [0.15, 0.2) is 5.76 Å². The molecule has 5 heteroatoms. The van der Waals surface area contributed by atoms with E-state index in [1.165, 1.54) is 0 Å². The Morgan fingerprint density at radius 2 is 1.89 bits per heavy atom. The van der Waals surface area contributed by atoms with Crippen LogP contribution in [0.25, 0.3) is 22.8 Å². The van der Waals surface area contributed by atoms with Crippen molar-refractivity contribution in [1.29, 1.82) is 0 Å². The molecule has 3 N–H and O–H groups in total. The summed E-state index contributed by atoms with van der Waals surface area (Å²) in [5, 5.41) is 3.16. The summed E-state index contributed by atoms with van der Waals surface area (Å²) in [5.41, 5.74) is 8.06. The first-order valence-electron chi connectivity index (χ1n) is 9.38. The highest BCUT2D eigenvalue weighted by Crippen LogP contribution is 2.29. The zero-order valence-electron chi connectivity index (χ0n) is 15.1. The minimum Gasteiger partial charge on any atom is -0.436 e. The molecular formula is C22H23N3O2. The van der Waals surface area contributed by atoms with Crippen LogP contribution in [0.4, 0.5) is 0 Å². The van der Waals surface area contributed by atoms with Gasteiger partial charge in [0, 0.05) is 17.2 Å². The molecule has 0 radical (unpaired) electrons. The van der Waals surface area contributed by atoms with Crippen molar-refractivity contribution in [2.75, 3.05) is 6.54 Å². The highest BCUT2D eigenvalue weighted by atomic mass is 16.4. The first-order valence-corrected chi connectivity index (χ1v) is 9.38. The summed E-state index contributed by atoms with van der Waals surface area (Å²) in [7, 11) is 0. The molecule has 1 aliphatic rings. The van der Waals surface area contributed by atoms with E-state index in [9.17, 15) is 4.79 Å². The van der Waals surface area contributed by atoms with E-state index in [0.29, 0.717) is 35.2 Å². The van der Waals surface area contributed by atoms with E-state index in [1.807, 2.05) is 54.6 Å². The van der Waals surface area contributed by atoms with Gasteiger partial charge in [-0.1, -0.05) is 48.9 Å². The summed E-state index contributed by atoms with van der Waals surface area (Å²) in [6.07, 6.45) is 4.85. The highest BCUT2D eigenvalue weighted by molar-refractivity contribution is 6.00. The van der Waals surface area contributed by atoms with Crippen LogP contribution in [0.2, 0.25) is 0 Å². The summed E-state index contributed by atoms with van der Waals surface area (Å²) in [5.74, 6) is 1.38. The number of carbonyl (C=O) groups is 1. The van der Waals surface area contributed by atoms with Gasteiger partial charge in [-0.25, -0.2) is 4.98 Å². The van der Waals surface area contributed by atoms with Crippen LogP contribution in [-0.2, 0) is 0 Å². The van der Waals surface area contributed by atoms with Crippen molar-refractivity contribution in [1.82, 2.24) is 10.3 Å². The van der Waals surface area contributed by atoms with Gasteiger partial charge in [0.2, 0.25) is 5.89 Å². The normalized spacial score (nSPS) is 19.1. The van der Waals surface area contributed by atoms with Crippen LogP contribution in [-0.4, -0.2) is 23.5 Å². The fourth-order valence-electron chi connectivity index (χ4n) is 3.76. The Kier molecular flexibility index (Phi) is 5.03. The molecule has 0 saturated heterocycles. The number of rotatable bonds is 5. The molecule has 1 heterocycles. The van der Waals surface area contributed by atoms with E-state index >= 15 is 0 Å². The lowest BCUT2D eigenvalue weighted by molar-refractivity contribution is 0.0929. The lowest BCUT2D eigenvalue weighted by atomic mass is 10.0. The zero-order valence-corrected chi connectivity index (χ0v) is 15.1. The average Bonchev–Trinajstić information content (AvgIpc) is 3.38. The van der Waals surface area contributed by atoms with Gasteiger partial charge in [0.1, 0.15) is 0 Å². The van der Waals surface area contributed by atoms with Crippen LogP contribution in [0.5, 0.6) is 0 Å². The van der Waals surface area contributed by atoms with Crippen molar-refractivity contribution < 1.29 is 9.21 Å². The van der Waals surface area contributed by atoms with Gasteiger partial charge in [0.25, 0.3) is 5.91 Å². The van der Waals surface area contributed by atoms with E-state index in [4.69, 9.17) is 10.2 Å². The van der Waals surface area contributed by atoms with Crippen molar-refractivity contribution in [3.05, 3.63) is 66.4 Å². The third-order valence-corrected chi connectivity index (χ3v) is 5.24. The maximum absolute atomic E-state index is 12.9. The quantitative estimate of drug-likeness (QED) is 0.723. The number of oxazole rings is 1. The SMILES string of the molecule is NCC1CCCC1NC(=O)c1ccccc1-c1ncc(-c2ccccc2)o1. The minimum atomic E-state index is -0.101. The van der Waals surface area contributed by atoms with E-state index in [2.05, 4.69) is 10.3 Å². The zero-order chi connectivity index (χ0) is 18.6. The van der Waals surface area contributed by atoms with E-state index in [1.54, 1.807) is 6.20 Å². The highest BCUT2D eigenvalue weighted by Gasteiger charge is 2.28. The maximum Gasteiger partial charge on any atom is 0.252 e. The molecule has 1 saturated carbocycles. The molecule has 1 aromatic heterocycles. The van der Waals surface area contributed by atoms with Crippen molar-refractivity contribution in [3.8, 4) is 22.8 Å². The standard InChI is InChI=1S/C22H23N3O2/c23-13-16-9-6-12-19(16)25-21(26)17-10-4-5-11-18(17)22-24-14-20(27-22)15-7-2-1-3-8-15/h1-5,7-8,10-11,14,16,19H,6,9,12-13,23H2,(H,25,26). The van der Waals surface area contributed by atoms with Crippen molar-refractivity contribution in [2.24, 2.45) is 11.7 Å². The fourth-order valence-corrected chi connectivity index (χ4v) is 3.76. The molecule has 2 aromatic carbocycles. The number of nitrogens with zero attached hydrogens (tertiary/aromatic N) is 1. The number of amides is 1. The second-order valence-electron chi connectivity index (χ2n) is 6.95. The number of aromatic nitrogens is 1. The molecule has 2 unspecified atom stereocenters. The number of hydrogen-bond donors (Lipinski definition) is 2. The molecule has 3 aromatic rings. The Balaban J connectivity index is 1.60. The smallest absolute Gasteiger partial charge is 0.252 e. The van der Waals surface area contributed by atoms with Crippen molar-refractivity contribution in [3.63, 3.8) is 0 Å². The van der Waals surface area contributed by atoms with Gasteiger partial charge in [-0.05, 0) is 37.4 Å². The van der Waals surface area contributed by atoms with Crippen LogP contribution in [0, 0.1) is 5.92 Å². The molecule has 27 heavy (non-hydrogen) atoms. The lowest BCUT2D eigenvalue weighted by Gasteiger charge is -2.20. The Bertz CT molecular complexity index is 920.